The third-order valence-corrected chi connectivity index (χ3v) is 1.04. The van der Waals surface area contributed by atoms with Gasteiger partial charge in [-0.15, -0.1) is 0 Å². The van der Waals surface area contributed by atoms with E-state index in [2.05, 4.69) is 4.99 Å². The lowest BCUT2D eigenvalue weighted by Crippen LogP contribution is -2.33. The number of aliphatic imine (C=N–C) groups is 1. The van der Waals surface area contributed by atoms with Gasteiger partial charge in [0.1, 0.15) is 0 Å². The van der Waals surface area contributed by atoms with E-state index in [9.17, 15) is 13.2 Å². The molecule has 0 spiro atoms. The maximum Gasteiger partial charge on any atom is 0.420 e. The molecule has 1 atom stereocenters. The molecular formula is C6H9F3N2O. The van der Waals surface area contributed by atoms with Gasteiger partial charge >= 0.3 is 6.18 Å². The van der Waals surface area contributed by atoms with Crippen LogP contribution >= 0.6 is 0 Å². The second kappa shape index (κ2) is 4.10. The van der Waals surface area contributed by atoms with E-state index < -0.39 is 18.0 Å². The maximum atomic E-state index is 11.7. The molecule has 0 aliphatic carbocycles. The third-order valence-electron chi connectivity index (χ3n) is 1.04. The van der Waals surface area contributed by atoms with Gasteiger partial charge in [-0.1, -0.05) is 0 Å². The van der Waals surface area contributed by atoms with Crippen molar-refractivity contribution in [2.45, 2.75) is 12.3 Å². The standard InChI is InChI=1S/C6H9F3N2O/c1-11-3-2-4(10)5(12)6(7,8)9/h2-3,5,12H,10H2,1H3. The highest BCUT2D eigenvalue weighted by Crippen LogP contribution is 2.22. The molecule has 0 aromatic carbocycles. The van der Waals surface area contributed by atoms with E-state index in [4.69, 9.17) is 10.8 Å². The minimum absolute atomic E-state index is 0.673. The normalized spacial score (nSPS) is 16.9. The Morgan fingerprint density at radius 1 is 1.58 bits per heavy atom. The van der Waals surface area contributed by atoms with Crippen molar-refractivity contribution < 1.29 is 18.3 Å². The van der Waals surface area contributed by atoms with E-state index in [1.807, 2.05) is 0 Å². The number of alkyl halides is 3. The number of halogens is 3. The third kappa shape index (κ3) is 3.38. The van der Waals surface area contributed by atoms with Crippen LogP contribution in [0.5, 0.6) is 0 Å². The van der Waals surface area contributed by atoms with E-state index in [1.165, 1.54) is 7.05 Å². The summed E-state index contributed by atoms with van der Waals surface area (Å²) in [6, 6.07) is 0. The first-order valence-electron chi connectivity index (χ1n) is 3.02. The fraction of sp³-hybridized carbons (Fsp3) is 0.500. The molecule has 3 N–H and O–H groups in total. The summed E-state index contributed by atoms with van der Waals surface area (Å²) in [5.41, 5.74) is 4.22. The van der Waals surface area contributed by atoms with Crippen LogP contribution in [0, 0.1) is 0 Å². The van der Waals surface area contributed by atoms with Gasteiger partial charge in [-0.05, 0) is 6.08 Å². The zero-order valence-corrected chi connectivity index (χ0v) is 6.34. The summed E-state index contributed by atoms with van der Waals surface area (Å²) in [4.78, 5) is 3.38. The fourth-order valence-electron chi connectivity index (χ4n) is 0.441. The summed E-state index contributed by atoms with van der Waals surface area (Å²) in [7, 11) is 1.38. The number of nitrogens with two attached hydrogens (primary N) is 1. The van der Waals surface area contributed by atoms with Crippen molar-refractivity contribution in [1.82, 2.24) is 0 Å². The average Bonchev–Trinajstić information content (AvgIpc) is 1.97. The van der Waals surface area contributed by atoms with Crippen molar-refractivity contribution in [2.75, 3.05) is 7.05 Å². The highest BCUT2D eigenvalue weighted by Gasteiger charge is 2.39. The molecule has 0 amide bonds. The monoisotopic (exact) mass is 182 g/mol. The van der Waals surface area contributed by atoms with Crippen molar-refractivity contribution in [1.29, 1.82) is 0 Å². The van der Waals surface area contributed by atoms with Crippen LogP contribution in [-0.4, -0.2) is 30.6 Å². The lowest BCUT2D eigenvalue weighted by molar-refractivity contribution is -0.191. The smallest absolute Gasteiger partial charge is 0.400 e. The summed E-state index contributed by atoms with van der Waals surface area (Å²) in [5, 5.41) is 8.50. The molecule has 0 rings (SSSR count). The van der Waals surface area contributed by atoms with Gasteiger partial charge in [-0.3, -0.25) is 4.99 Å². The van der Waals surface area contributed by atoms with Gasteiger partial charge in [0.2, 0.25) is 0 Å². The SMILES string of the molecule is CN=CC=C(N)C(O)C(F)(F)F. The minimum atomic E-state index is -4.72. The Labute approximate surface area is 67.4 Å². The van der Waals surface area contributed by atoms with Crippen LogP contribution < -0.4 is 5.73 Å². The maximum absolute atomic E-state index is 11.7. The molecule has 0 saturated heterocycles. The molecule has 0 heterocycles. The van der Waals surface area contributed by atoms with Crippen molar-refractivity contribution in [3.63, 3.8) is 0 Å². The van der Waals surface area contributed by atoms with Crippen molar-refractivity contribution in [3.05, 3.63) is 11.8 Å². The molecule has 3 nitrogen and oxygen atoms in total. The van der Waals surface area contributed by atoms with Gasteiger partial charge in [0, 0.05) is 19.0 Å². The number of rotatable bonds is 2. The summed E-state index contributed by atoms with van der Waals surface area (Å²) >= 11 is 0. The Hall–Kier alpha value is -1.04. The summed E-state index contributed by atoms with van der Waals surface area (Å²) in [6.07, 6.45) is -5.36. The number of aliphatic hydroxyl groups is 1. The van der Waals surface area contributed by atoms with Crippen LogP contribution in [0.2, 0.25) is 0 Å². The van der Waals surface area contributed by atoms with Crippen LogP contribution in [0.3, 0.4) is 0 Å². The summed E-state index contributed by atoms with van der Waals surface area (Å²) < 4.78 is 35.1. The van der Waals surface area contributed by atoms with Crippen LogP contribution in [0.25, 0.3) is 0 Å². The first-order chi connectivity index (χ1) is 5.39. The zero-order chi connectivity index (χ0) is 9.78. The van der Waals surface area contributed by atoms with Crippen LogP contribution in [0.1, 0.15) is 0 Å². The van der Waals surface area contributed by atoms with Gasteiger partial charge in [-0.25, -0.2) is 0 Å². The van der Waals surface area contributed by atoms with Crippen molar-refractivity contribution in [3.8, 4) is 0 Å². The summed E-state index contributed by atoms with van der Waals surface area (Å²) in [5.74, 6) is 0. The first-order valence-corrected chi connectivity index (χ1v) is 3.02. The fourth-order valence-corrected chi connectivity index (χ4v) is 0.441. The highest BCUT2D eigenvalue weighted by atomic mass is 19.4. The molecule has 0 aromatic rings. The van der Waals surface area contributed by atoms with Gasteiger partial charge in [-0.2, -0.15) is 13.2 Å². The Morgan fingerprint density at radius 2 is 2.08 bits per heavy atom. The Balaban J connectivity index is 4.39. The highest BCUT2D eigenvalue weighted by molar-refractivity contribution is 5.71. The quantitative estimate of drug-likeness (QED) is 0.609. The van der Waals surface area contributed by atoms with Gasteiger partial charge < -0.3 is 10.8 Å². The Bertz CT molecular complexity index is 197. The van der Waals surface area contributed by atoms with E-state index in [1.54, 1.807) is 0 Å². The van der Waals surface area contributed by atoms with Gasteiger partial charge in [0.05, 0.1) is 0 Å². The molecule has 1 unspecified atom stereocenters. The first kappa shape index (κ1) is 11.0. The Kier molecular flexibility index (Phi) is 3.75. The predicted octanol–water partition coefficient (Wildman–Crippen LogP) is 0.453. The number of hydrogen-bond donors (Lipinski definition) is 2. The minimum Gasteiger partial charge on any atom is -0.400 e. The summed E-state index contributed by atoms with van der Waals surface area (Å²) in [6.45, 7) is 0. The van der Waals surface area contributed by atoms with E-state index in [0.717, 1.165) is 12.3 Å². The largest absolute Gasteiger partial charge is 0.420 e. The second-order valence-electron chi connectivity index (χ2n) is 2.02. The number of nitrogens with zero attached hydrogens (tertiary/aromatic N) is 1. The van der Waals surface area contributed by atoms with Crippen LogP contribution in [-0.2, 0) is 0 Å². The molecule has 0 radical (unpaired) electrons. The second-order valence-corrected chi connectivity index (χ2v) is 2.02. The van der Waals surface area contributed by atoms with E-state index in [0.29, 0.717) is 0 Å². The molecule has 0 aromatic heterocycles. The number of allylic oxidation sites excluding steroid dienone is 1. The number of aliphatic hydroxyl groups excluding tert-OH is 1. The molecule has 0 saturated carbocycles. The number of hydrogen-bond acceptors (Lipinski definition) is 3. The molecule has 0 fully saturated rings. The van der Waals surface area contributed by atoms with Crippen LogP contribution in [0.15, 0.2) is 16.8 Å². The molecule has 12 heavy (non-hydrogen) atoms. The molecule has 70 valence electrons. The van der Waals surface area contributed by atoms with E-state index in [-0.39, 0.29) is 0 Å². The van der Waals surface area contributed by atoms with E-state index >= 15 is 0 Å². The zero-order valence-electron chi connectivity index (χ0n) is 6.34. The molecular weight excluding hydrogens is 173 g/mol. The van der Waals surface area contributed by atoms with Gasteiger partial charge in [0.25, 0.3) is 0 Å². The topological polar surface area (TPSA) is 58.6 Å². The molecule has 6 heteroatoms. The molecule has 0 aliphatic rings. The lowest BCUT2D eigenvalue weighted by Gasteiger charge is -2.13. The Morgan fingerprint density at radius 3 is 2.42 bits per heavy atom. The molecule has 0 aliphatic heterocycles. The lowest BCUT2D eigenvalue weighted by atomic mass is 10.2. The molecule has 0 bridgehead atoms. The van der Waals surface area contributed by atoms with Gasteiger partial charge in [0.15, 0.2) is 6.10 Å². The predicted molar refractivity (Wildman–Crippen MR) is 38.7 cm³/mol. The average molecular weight is 182 g/mol. The van der Waals surface area contributed by atoms with Crippen molar-refractivity contribution >= 4 is 6.21 Å². The van der Waals surface area contributed by atoms with Crippen molar-refractivity contribution in [2.24, 2.45) is 10.7 Å². The van der Waals surface area contributed by atoms with Crippen LogP contribution in [0.4, 0.5) is 13.2 Å².